The second-order valence-electron chi connectivity index (χ2n) is 7.64. The van der Waals surface area contributed by atoms with Crippen molar-refractivity contribution in [1.29, 1.82) is 0 Å². The van der Waals surface area contributed by atoms with Gasteiger partial charge in [-0.1, -0.05) is 18.2 Å². The number of pyridine rings is 1. The molecule has 0 unspecified atom stereocenters. The van der Waals surface area contributed by atoms with Crippen LogP contribution in [-0.4, -0.2) is 65.1 Å². The van der Waals surface area contributed by atoms with Crippen LogP contribution in [0, 0.1) is 5.41 Å². The highest BCUT2D eigenvalue weighted by Gasteiger charge is 2.57. The van der Waals surface area contributed by atoms with Gasteiger partial charge in [0.25, 0.3) is 0 Å². The van der Waals surface area contributed by atoms with E-state index < -0.39 is 11.4 Å². The van der Waals surface area contributed by atoms with Crippen LogP contribution in [0.15, 0.2) is 48.8 Å². The molecule has 2 aliphatic heterocycles. The molecule has 28 heavy (non-hydrogen) atoms. The van der Waals surface area contributed by atoms with Gasteiger partial charge in [0.2, 0.25) is 5.91 Å². The van der Waals surface area contributed by atoms with Crippen molar-refractivity contribution in [2.75, 3.05) is 33.3 Å². The zero-order chi connectivity index (χ0) is 19.7. The fourth-order valence-electron chi connectivity index (χ4n) is 4.21. The summed E-state index contributed by atoms with van der Waals surface area (Å²) in [5, 5.41) is 9.97. The van der Waals surface area contributed by atoms with E-state index in [1.54, 1.807) is 17.3 Å². The molecular formula is C21H23N3O4. The maximum Gasteiger partial charge on any atom is 0.315 e. The van der Waals surface area contributed by atoms with Gasteiger partial charge in [-0.25, -0.2) is 0 Å². The molecule has 2 aromatic rings. The van der Waals surface area contributed by atoms with Crippen molar-refractivity contribution in [3.05, 3.63) is 59.9 Å². The molecule has 1 aromatic carbocycles. The first kappa shape index (κ1) is 18.4. The van der Waals surface area contributed by atoms with Crippen LogP contribution in [0.25, 0.3) is 0 Å². The first-order valence-corrected chi connectivity index (χ1v) is 9.30. The molecule has 1 aromatic heterocycles. The first-order chi connectivity index (χ1) is 13.5. The summed E-state index contributed by atoms with van der Waals surface area (Å²) >= 11 is 0. The Bertz CT molecular complexity index is 888. The number of fused-ring (bicyclic) bond motifs is 3. The van der Waals surface area contributed by atoms with E-state index in [9.17, 15) is 14.7 Å². The highest BCUT2D eigenvalue weighted by atomic mass is 16.5. The zero-order valence-electron chi connectivity index (χ0n) is 15.7. The van der Waals surface area contributed by atoms with Gasteiger partial charge in [0.05, 0.1) is 6.54 Å². The highest BCUT2D eigenvalue weighted by molar-refractivity contribution is 5.83. The number of hydrogen-bond donors (Lipinski definition) is 1. The van der Waals surface area contributed by atoms with E-state index >= 15 is 0 Å². The molecular weight excluding hydrogens is 358 g/mol. The van der Waals surface area contributed by atoms with Crippen molar-refractivity contribution in [1.82, 2.24) is 14.8 Å². The summed E-state index contributed by atoms with van der Waals surface area (Å²) in [5.74, 6) is -0.519. The van der Waals surface area contributed by atoms with Crippen LogP contribution in [0.4, 0.5) is 0 Å². The molecule has 2 atom stereocenters. The number of carboxylic acid groups (broad SMARTS) is 1. The number of ether oxygens (including phenoxy) is 1. The number of carbonyl (C=O) groups is 2. The summed E-state index contributed by atoms with van der Waals surface area (Å²) < 4.78 is 5.76. The largest absolute Gasteiger partial charge is 0.492 e. The Balaban J connectivity index is 1.49. The van der Waals surface area contributed by atoms with E-state index in [0.29, 0.717) is 18.8 Å². The van der Waals surface area contributed by atoms with Gasteiger partial charge in [0.15, 0.2) is 0 Å². The lowest BCUT2D eigenvalue weighted by molar-refractivity contribution is -0.152. The van der Waals surface area contributed by atoms with Crippen LogP contribution in [0.3, 0.4) is 0 Å². The molecule has 3 heterocycles. The van der Waals surface area contributed by atoms with Crippen LogP contribution in [0.1, 0.15) is 17.0 Å². The van der Waals surface area contributed by atoms with Gasteiger partial charge in [0, 0.05) is 43.5 Å². The topological polar surface area (TPSA) is 83.0 Å². The summed E-state index contributed by atoms with van der Waals surface area (Å²) in [6.45, 7) is 1.51. The lowest BCUT2D eigenvalue weighted by Gasteiger charge is -2.35. The van der Waals surface area contributed by atoms with Crippen LogP contribution < -0.4 is 4.74 Å². The summed E-state index contributed by atoms with van der Waals surface area (Å²) in [4.78, 5) is 32.7. The van der Waals surface area contributed by atoms with Crippen molar-refractivity contribution in [3.8, 4) is 5.75 Å². The standard InChI is InChI=1S/C21H23N3O4/c1-23(10-15-6-8-22-9-7-15)12-19(25)24-11-17-16-4-2-3-5-18(16)28-14-21(17,13-24)20(26)27/h2-9,17H,10-14H2,1H3,(H,26,27)/t17-,21-/m0/s1. The molecule has 0 saturated carbocycles. The number of nitrogens with zero attached hydrogens (tertiary/aromatic N) is 3. The van der Waals surface area contributed by atoms with E-state index in [-0.39, 0.29) is 31.5 Å². The fraction of sp³-hybridized carbons (Fsp3) is 0.381. The second-order valence-corrected chi connectivity index (χ2v) is 7.64. The second kappa shape index (κ2) is 7.24. The Morgan fingerprint density at radius 1 is 1.29 bits per heavy atom. The summed E-state index contributed by atoms with van der Waals surface area (Å²) in [5.41, 5.74) is 0.856. The van der Waals surface area contributed by atoms with Crippen LogP contribution in [0.5, 0.6) is 5.75 Å². The number of amides is 1. The average molecular weight is 381 g/mol. The number of para-hydroxylation sites is 1. The number of rotatable bonds is 5. The average Bonchev–Trinajstić information content (AvgIpc) is 3.11. The van der Waals surface area contributed by atoms with Crippen molar-refractivity contribution in [2.45, 2.75) is 12.5 Å². The minimum absolute atomic E-state index is 0.0657. The Labute approximate surface area is 163 Å². The molecule has 7 heteroatoms. The van der Waals surface area contributed by atoms with Crippen LogP contribution in [-0.2, 0) is 16.1 Å². The number of likely N-dealkylation sites (tertiary alicyclic amines) is 1. The van der Waals surface area contributed by atoms with E-state index in [1.165, 1.54) is 0 Å². The Morgan fingerprint density at radius 2 is 2.04 bits per heavy atom. The van der Waals surface area contributed by atoms with Gasteiger partial charge in [0.1, 0.15) is 17.8 Å². The number of likely N-dealkylation sites (N-methyl/N-ethyl adjacent to an activating group) is 1. The number of carboxylic acids is 1. The third-order valence-electron chi connectivity index (χ3n) is 5.71. The zero-order valence-corrected chi connectivity index (χ0v) is 15.7. The molecule has 2 aliphatic rings. The summed E-state index contributed by atoms with van der Waals surface area (Å²) in [7, 11) is 1.88. The van der Waals surface area contributed by atoms with Crippen LogP contribution in [0.2, 0.25) is 0 Å². The van der Waals surface area contributed by atoms with E-state index in [2.05, 4.69) is 4.98 Å². The Kier molecular flexibility index (Phi) is 4.77. The van der Waals surface area contributed by atoms with Crippen molar-refractivity contribution in [3.63, 3.8) is 0 Å². The SMILES string of the molecule is CN(CC(=O)N1C[C@H]2c3ccccc3OC[C@@]2(C(=O)O)C1)Cc1ccncc1. The minimum Gasteiger partial charge on any atom is -0.492 e. The molecule has 1 fully saturated rings. The minimum atomic E-state index is -1.09. The molecule has 1 amide bonds. The summed E-state index contributed by atoms with van der Waals surface area (Å²) in [6.07, 6.45) is 3.45. The number of aliphatic carboxylic acids is 1. The Hall–Kier alpha value is -2.93. The third kappa shape index (κ3) is 3.22. The molecule has 0 spiro atoms. The maximum atomic E-state index is 12.9. The van der Waals surface area contributed by atoms with E-state index in [1.807, 2.05) is 48.3 Å². The van der Waals surface area contributed by atoms with Gasteiger partial charge < -0.3 is 14.7 Å². The third-order valence-corrected chi connectivity index (χ3v) is 5.71. The van der Waals surface area contributed by atoms with Crippen LogP contribution >= 0.6 is 0 Å². The summed E-state index contributed by atoms with van der Waals surface area (Å²) in [6, 6.07) is 11.3. The maximum absolute atomic E-state index is 12.9. The predicted molar refractivity (Wildman–Crippen MR) is 102 cm³/mol. The highest BCUT2D eigenvalue weighted by Crippen LogP contribution is 2.49. The van der Waals surface area contributed by atoms with Gasteiger partial charge >= 0.3 is 5.97 Å². The normalized spacial score (nSPS) is 23.1. The monoisotopic (exact) mass is 381 g/mol. The number of benzene rings is 1. The van der Waals surface area contributed by atoms with Gasteiger partial charge in [-0.3, -0.25) is 19.5 Å². The molecule has 4 rings (SSSR count). The van der Waals surface area contributed by atoms with E-state index in [0.717, 1.165) is 11.1 Å². The van der Waals surface area contributed by atoms with E-state index in [4.69, 9.17) is 4.74 Å². The molecule has 1 saturated heterocycles. The van der Waals surface area contributed by atoms with Gasteiger partial charge in [-0.05, 0) is 30.8 Å². The van der Waals surface area contributed by atoms with Gasteiger partial charge in [-0.15, -0.1) is 0 Å². The quantitative estimate of drug-likeness (QED) is 0.847. The molecule has 1 N–H and O–H groups in total. The fourth-order valence-corrected chi connectivity index (χ4v) is 4.21. The van der Waals surface area contributed by atoms with Crippen molar-refractivity contribution >= 4 is 11.9 Å². The molecule has 0 bridgehead atoms. The molecule has 0 radical (unpaired) electrons. The number of aromatic nitrogens is 1. The molecule has 146 valence electrons. The number of hydrogen-bond acceptors (Lipinski definition) is 5. The van der Waals surface area contributed by atoms with Crippen molar-refractivity contribution in [2.24, 2.45) is 5.41 Å². The molecule has 0 aliphatic carbocycles. The lowest BCUT2D eigenvalue weighted by atomic mass is 9.73. The predicted octanol–water partition coefficient (Wildman–Crippen LogP) is 1.60. The van der Waals surface area contributed by atoms with Crippen molar-refractivity contribution < 1.29 is 19.4 Å². The smallest absolute Gasteiger partial charge is 0.315 e. The lowest BCUT2D eigenvalue weighted by Crippen LogP contribution is -2.46. The molecule has 7 nitrogen and oxygen atoms in total. The number of carbonyl (C=O) groups excluding carboxylic acids is 1. The van der Waals surface area contributed by atoms with Gasteiger partial charge in [-0.2, -0.15) is 0 Å². The Morgan fingerprint density at radius 3 is 2.79 bits per heavy atom. The first-order valence-electron chi connectivity index (χ1n) is 9.30.